The van der Waals surface area contributed by atoms with Gasteiger partial charge in [0.1, 0.15) is 5.78 Å². The summed E-state index contributed by atoms with van der Waals surface area (Å²) in [5.41, 5.74) is 4.86. The number of aromatic amines is 1. The highest BCUT2D eigenvalue weighted by atomic mass is 16.1. The van der Waals surface area contributed by atoms with Crippen molar-refractivity contribution in [3.05, 3.63) is 53.6 Å². The fourth-order valence-corrected chi connectivity index (χ4v) is 3.37. The zero-order valence-electron chi connectivity index (χ0n) is 15.4. The van der Waals surface area contributed by atoms with Gasteiger partial charge in [-0.25, -0.2) is 4.98 Å². The summed E-state index contributed by atoms with van der Waals surface area (Å²) in [5, 5.41) is 0. The molecular weight excluding hydrogens is 310 g/mol. The van der Waals surface area contributed by atoms with E-state index in [1.54, 1.807) is 6.33 Å². The number of imidazole rings is 1. The van der Waals surface area contributed by atoms with Crippen LogP contribution in [0.15, 0.2) is 41.8 Å². The lowest BCUT2D eigenvalue weighted by Crippen LogP contribution is -2.22. The summed E-state index contributed by atoms with van der Waals surface area (Å²) in [6.45, 7) is 7.37. The van der Waals surface area contributed by atoms with Crippen LogP contribution >= 0.6 is 0 Å². The fourth-order valence-electron chi connectivity index (χ4n) is 3.37. The van der Waals surface area contributed by atoms with Gasteiger partial charge < -0.3 is 4.98 Å². The Morgan fingerprint density at radius 1 is 1.20 bits per heavy atom. The maximum absolute atomic E-state index is 12.2. The molecule has 1 heterocycles. The maximum atomic E-state index is 12.2. The first-order valence-electron chi connectivity index (χ1n) is 9.03. The van der Waals surface area contributed by atoms with Crippen molar-refractivity contribution in [2.45, 2.75) is 57.8 Å². The number of rotatable bonds is 4. The zero-order valence-corrected chi connectivity index (χ0v) is 15.4. The molecule has 4 nitrogen and oxygen atoms in total. The molecule has 1 fully saturated rings. The first-order valence-corrected chi connectivity index (χ1v) is 9.03. The summed E-state index contributed by atoms with van der Waals surface area (Å²) in [6.07, 6.45) is 6.38. The van der Waals surface area contributed by atoms with Crippen molar-refractivity contribution >= 4 is 11.5 Å². The molecule has 1 saturated carbocycles. The van der Waals surface area contributed by atoms with Crippen LogP contribution in [0.1, 0.15) is 62.8 Å². The van der Waals surface area contributed by atoms with Crippen LogP contribution in [0.25, 0.3) is 0 Å². The SMILES string of the molecule is CC(C)(C)c1ccc([C@H]2CC(=O)CC(=NCCc3cnc[nH]3)C2)cc1. The molecule has 0 amide bonds. The van der Waals surface area contributed by atoms with Crippen molar-refractivity contribution in [2.24, 2.45) is 4.99 Å². The summed E-state index contributed by atoms with van der Waals surface area (Å²) in [4.78, 5) is 24.0. The van der Waals surface area contributed by atoms with Gasteiger partial charge in [-0.2, -0.15) is 0 Å². The van der Waals surface area contributed by atoms with E-state index in [0.29, 0.717) is 25.2 Å². The molecule has 0 bridgehead atoms. The van der Waals surface area contributed by atoms with E-state index in [1.807, 2.05) is 6.20 Å². The van der Waals surface area contributed by atoms with E-state index in [2.05, 4.69) is 60.0 Å². The Bertz CT molecular complexity index is 736. The number of nitrogens with one attached hydrogen (secondary N) is 1. The molecule has 1 N–H and O–H groups in total. The highest BCUT2D eigenvalue weighted by Gasteiger charge is 2.25. The van der Waals surface area contributed by atoms with Crippen molar-refractivity contribution < 1.29 is 4.79 Å². The molecule has 132 valence electrons. The number of Topliss-reactive ketones (excluding diaryl/α,β-unsaturated/α-hetero) is 1. The minimum Gasteiger partial charge on any atom is -0.348 e. The van der Waals surface area contributed by atoms with Crippen molar-refractivity contribution in [2.75, 3.05) is 6.54 Å². The molecule has 0 aliphatic heterocycles. The number of carbonyl (C=O) groups excluding carboxylic acids is 1. The van der Waals surface area contributed by atoms with Gasteiger partial charge in [-0.15, -0.1) is 0 Å². The van der Waals surface area contributed by atoms with Gasteiger partial charge in [-0.3, -0.25) is 9.79 Å². The molecule has 1 aromatic heterocycles. The van der Waals surface area contributed by atoms with Crippen LogP contribution in [0.3, 0.4) is 0 Å². The van der Waals surface area contributed by atoms with Crippen LogP contribution in [0, 0.1) is 0 Å². The minimum absolute atomic E-state index is 0.153. The van der Waals surface area contributed by atoms with E-state index in [9.17, 15) is 4.79 Å². The Balaban J connectivity index is 1.66. The molecule has 0 unspecified atom stereocenters. The second-order valence-electron chi connectivity index (χ2n) is 7.97. The molecule has 2 aromatic rings. The Kier molecular flexibility index (Phi) is 5.16. The number of benzene rings is 1. The van der Waals surface area contributed by atoms with E-state index in [-0.39, 0.29) is 11.3 Å². The predicted octanol–water partition coefficient (Wildman–Crippen LogP) is 4.23. The van der Waals surface area contributed by atoms with Crippen LogP contribution in [0.2, 0.25) is 0 Å². The smallest absolute Gasteiger partial charge is 0.139 e. The summed E-state index contributed by atoms with van der Waals surface area (Å²) in [5.74, 6) is 0.567. The predicted molar refractivity (Wildman–Crippen MR) is 101 cm³/mol. The van der Waals surface area contributed by atoms with Crippen LogP contribution < -0.4 is 0 Å². The van der Waals surface area contributed by atoms with Gasteiger partial charge in [-0.05, 0) is 28.9 Å². The molecular formula is C21H27N3O. The highest BCUT2D eigenvalue weighted by Crippen LogP contribution is 2.31. The number of H-pyrrole nitrogens is 1. The van der Waals surface area contributed by atoms with Crippen molar-refractivity contribution in [1.82, 2.24) is 9.97 Å². The van der Waals surface area contributed by atoms with Gasteiger partial charge in [0.2, 0.25) is 0 Å². The van der Waals surface area contributed by atoms with Crippen molar-refractivity contribution in [3.63, 3.8) is 0 Å². The van der Waals surface area contributed by atoms with Gasteiger partial charge in [0, 0.05) is 43.4 Å². The summed E-state index contributed by atoms with van der Waals surface area (Å²) >= 11 is 0. The van der Waals surface area contributed by atoms with Crippen LogP contribution in [0.5, 0.6) is 0 Å². The number of hydrogen-bond acceptors (Lipinski definition) is 3. The number of aromatic nitrogens is 2. The molecule has 0 spiro atoms. The van der Waals surface area contributed by atoms with E-state index < -0.39 is 0 Å². The first kappa shape index (κ1) is 17.6. The Morgan fingerprint density at radius 2 is 1.96 bits per heavy atom. The van der Waals surface area contributed by atoms with Gasteiger partial charge >= 0.3 is 0 Å². The molecule has 25 heavy (non-hydrogen) atoms. The van der Waals surface area contributed by atoms with Crippen LogP contribution in [0.4, 0.5) is 0 Å². The number of aliphatic imine (C=N–C) groups is 1. The third kappa shape index (κ3) is 4.65. The monoisotopic (exact) mass is 337 g/mol. The topological polar surface area (TPSA) is 58.1 Å². The average Bonchev–Trinajstić information content (AvgIpc) is 3.07. The average molecular weight is 337 g/mol. The van der Waals surface area contributed by atoms with E-state index >= 15 is 0 Å². The number of ketones is 1. The Hall–Kier alpha value is -2.23. The Labute approximate surface area is 149 Å². The Morgan fingerprint density at radius 3 is 2.60 bits per heavy atom. The fraction of sp³-hybridized carbons (Fsp3) is 0.476. The second kappa shape index (κ2) is 7.34. The van der Waals surface area contributed by atoms with Gasteiger partial charge in [-0.1, -0.05) is 45.0 Å². The molecule has 4 heteroatoms. The molecule has 3 rings (SSSR count). The van der Waals surface area contributed by atoms with Crippen LogP contribution in [-0.2, 0) is 16.6 Å². The van der Waals surface area contributed by atoms with Crippen molar-refractivity contribution in [1.29, 1.82) is 0 Å². The number of nitrogens with zero attached hydrogens (tertiary/aromatic N) is 2. The largest absolute Gasteiger partial charge is 0.348 e. The normalized spacial score (nSPS) is 20.2. The van der Waals surface area contributed by atoms with E-state index in [4.69, 9.17) is 0 Å². The molecule has 1 aliphatic carbocycles. The minimum atomic E-state index is 0.153. The molecule has 1 aliphatic rings. The third-order valence-corrected chi connectivity index (χ3v) is 4.88. The number of carbonyl (C=O) groups is 1. The van der Waals surface area contributed by atoms with E-state index in [1.165, 1.54) is 11.1 Å². The van der Waals surface area contributed by atoms with E-state index in [0.717, 1.165) is 24.2 Å². The lowest BCUT2D eigenvalue weighted by molar-refractivity contribution is -0.118. The first-order chi connectivity index (χ1) is 11.9. The summed E-state index contributed by atoms with van der Waals surface area (Å²) in [6, 6.07) is 8.77. The quantitative estimate of drug-likeness (QED) is 0.908. The molecule has 0 saturated heterocycles. The standard InChI is InChI=1S/C21H27N3O/c1-21(2,3)17-6-4-15(5-7-17)16-10-19(12-20(25)11-16)23-9-8-18-13-22-14-24-18/h4-7,13-14,16H,8-12H2,1-3H3,(H,22,24)/t16-/m1/s1. The second-order valence-corrected chi connectivity index (χ2v) is 7.97. The van der Waals surface area contributed by atoms with Gasteiger partial charge in [0.15, 0.2) is 0 Å². The lowest BCUT2D eigenvalue weighted by Gasteiger charge is -2.24. The van der Waals surface area contributed by atoms with Gasteiger partial charge in [0.25, 0.3) is 0 Å². The lowest BCUT2D eigenvalue weighted by atomic mass is 9.80. The third-order valence-electron chi connectivity index (χ3n) is 4.88. The van der Waals surface area contributed by atoms with Crippen molar-refractivity contribution in [3.8, 4) is 0 Å². The van der Waals surface area contributed by atoms with Crippen LogP contribution in [-0.4, -0.2) is 28.0 Å². The zero-order chi connectivity index (χ0) is 17.9. The number of hydrogen-bond donors (Lipinski definition) is 1. The summed E-state index contributed by atoms with van der Waals surface area (Å²) in [7, 11) is 0. The molecule has 0 radical (unpaired) electrons. The molecule has 1 atom stereocenters. The highest BCUT2D eigenvalue weighted by molar-refractivity contribution is 6.05. The maximum Gasteiger partial charge on any atom is 0.139 e. The summed E-state index contributed by atoms with van der Waals surface area (Å²) < 4.78 is 0. The molecule has 1 aromatic carbocycles. The van der Waals surface area contributed by atoms with Gasteiger partial charge in [0.05, 0.1) is 6.33 Å².